The van der Waals surface area contributed by atoms with E-state index in [2.05, 4.69) is 70.1 Å². The number of pyridine rings is 1. The Balaban J connectivity index is 1.42. The van der Waals surface area contributed by atoms with Crippen LogP contribution in [-0.2, 0) is 22.2 Å². The molecule has 1 aromatic carbocycles. The van der Waals surface area contributed by atoms with E-state index in [0.717, 1.165) is 22.2 Å². The summed E-state index contributed by atoms with van der Waals surface area (Å²) in [4.78, 5) is 36.4. The highest BCUT2D eigenvalue weighted by atomic mass is 28.4. The van der Waals surface area contributed by atoms with Crippen LogP contribution in [0.4, 0.5) is 5.69 Å². The summed E-state index contributed by atoms with van der Waals surface area (Å²) in [6.07, 6.45) is 10.3. The van der Waals surface area contributed by atoms with Gasteiger partial charge in [-0.3, -0.25) is 14.6 Å². The first-order valence-corrected chi connectivity index (χ1v) is 16.6. The van der Waals surface area contributed by atoms with Crippen molar-refractivity contribution in [2.45, 2.75) is 70.8 Å². The maximum absolute atomic E-state index is 12.8. The molecule has 1 atom stereocenters. The van der Waals surface area contributed by atoms with Gasteiger partial charge in [-0.1, -0.05) is 32.9 Å². The highest BCUT2D eigenvalue weighted by Crippen LogP contribution is 2.36. The Labute approximate surface area is 236 Å². The molecule has 0 bridgehead atoms. The molecular formula is C30H40N6O3Si. The zero-order chi connectivity index (χ0) is 28.8. The summed E-state index contributed by atoms with van der Waals surface area (Å²) in [5.74, 6) is -0.260. The van der Waals surface area contributed by atoms with E-state index in [-0.39, 0.29) is 22.9 Å². The smallest absolute Gasteiger partial charge is 0.271 e. The predicted octanol–water partition coefficient (Wildman–Crippen LogP) is 5.54. The summed E-state index contributed by atoms with van der Waals surface area (Å²) >= 11 is 0. The molecule has 4 rings (SSSR count). The van der Waals surface area contributed by atoms with Crippen LogP contribution in [0, 0.1) is 0 Å². The first kappa shape index (κ1) is 29.2. The molecular weight excluding hydrogens is 520 g/mol. The second kappa shape index (κ2) is 12.6. The van der Waals surface area contributed by atoms with Gasteiger partial charge in [0.05, 0.1) is 24.5 Å². The van der Waals surface area contributed by atoms with Gasteiger partial charge in [0, 0.05) is 43.4 Å². The van der Waals surface area contributed by atoms with Crippen molar-refractivity contribution in [2.75, 3.05) is 11.9 Å². The molecule has 40 heavy (non-hydrogen) atoms. The Hall–Kier alpha value is -3.76. The largest absolute Gasteiger partial charge is 0.415 e. The molecule has 0 aliphatic rings. The number of hydrogen-bond acceptors (Lipinski definition) is 5. The molecule has 3 N–H and O–H groups in total. The maximum atomic E-state index is 12.8. The van der Waals surface area contributed by atoms with Crippen LogP contribution in [0.2, 0.25) is 18.1 Å². The minimum Gasteiger partial charge on any atom is -0.415 e. The van der Waals surface area contributed by atoms with E-state index < -0.39 is 8.32 Å². The van der Waals surface area contributed by atoms with E-state index >= 15 is 0 Å². The molecule has 0 saturated heterocycles. The van der Waals surface area contributed by atoms with E-state index in [1.165, 1.54) is 6.33 Å². The van der Waals surface area contributed by atoms with Crippen molar-refractivity contribution in [3.8, 4) is 0 Å². The number of carbonyl (C=O) groups is 2. The number of H-pyrrole nitrogens is 1. The number of benzene rings is 1. The molecule has 0 aliphatic carbocycles. The molecule has 0 unspecified atom stereocenters. The molecule has 10 heteroatoms. The van der Waals surface area contributed by atoms with Gasteiger partial charge in [0.25, 0.3) is 5.91 Å². The summed E-state index contributed by atoms with van der Waals surface area (Å²) in [7, 11) is -2.00. The highest BCUT2D eigenvalue weighted by Gasteiger charge is 2.37. The lowest BCUT2D eigenvalue weighted by Crippen LogP contribution is -2.46. The molecule has 4 aromatic rings. The number of rotatable bonds is 12. The number of nitrogens with one attached hydrogen (secondary N) is 3. The normalized spacial score (nSPS) is 12.8. The molecule has 0 aliphatic heterocycles. The average molecular weight is 561 g/mol. The van der Waals surface area contributed by atoms with Crippen LogP contribution in [0.15, 0.2) is 67.5 Å². The van der Waals surface area contributed by atoms with Gasteiger partial charge in [-0.05, 0) is 66.2 Å². The van der Waals surface area contributed by atoms with E-state index in [1.807, 2.05) is 36.5 Å². The Morgan fingerprint density at radius 3 is 2.70 bits per heavy atom. The number of anilines is 1. The Morgan fingerprint density at radius 1 is 1.18 bits per heavy atom. The summed E-state index contributed by atoms with van der Waals surface area (Å²) in [6.45, 7) is 12.2. The fraction of sp³-hybridized carbons (Fsp3) is 0.400. The van der Waals surface area contributed by atoms with Gasteiger partial charge in [0.1, 0.15) is 5.69 Å². The molecule has 3 aromatic heterocycles. The molecule has 9 nitrogen and oxygen atoms in total. The number of aryl methyl sites for hydroxylation is 2. The topological polar surface area (TPSA) is 114 Å². The number of aromatic amines is 1. The Bertz CT molecular complexity index is 1410. The lowest BCUT2D eigenvalue weighted by atomic mass is 10.1. The second-order valence-electron chi connectivity index (χ2n) is 11.7. The molecule has 212 valence electrons. The number of imidazole rings is 1. The molecule has 0 fully saturated rings. The van der Waals surface area contributed by atoms with Crippen LogP contribution in [0.1, 0.15) is 49.7 Å². The number of aromatic nitrogens is 4. The van der Waals surface area contributed by atoms with E-state index in [4.69, 9.17) is 4.43 Å². The summed E-state index contributed by atoms with van der Waals surface area (Å²) in [6, 6.07) is 11.7. The van der Waals surface area contributed by atoms with Crippen molar-refractivity contribution in [1.82, 2.24) is 24.8 Å². The molecule has 0 radical (unpaired) electrons. The van der Waals surface area contributed by atoms with Gasteiger partial charge in [0.2, 0.25) is 5.91 Å². The molecule has 0 spiro atoms. The summed E-state index contributed by atoms with van der Waals surface area (Å²) in [5.41, 5.74) is 3.17. The monoisotopic (exact) mass is 560 g/mol. The molecule has 0 saturated carbocycles. The standard InChI is InChI=1S/C30H40N6O3Si/c1-30(2,3)40(4,5)39-20-25(35-29(38)26-19-32-21-33-26)13-16-36-15-12-23-9-10-24(17-27(23)36)34-28(37)11-8-22-7-6-14-31-18-22/h6-7,9-10,12,14-15,17-19,21,25H,8,11,13,16,20H2,1-5H3,(H,32,33)(H,34,37)(H,35,38)/t25-/m1/s1. The van der Waals surface area contributed by atoms with Crippen molar-refractivity contribution in [3.63, 3.8) is 0 Å². The van der Waals surface area contributed by atoms with Gasteiger partial charge in [-0.15, -0.1) is 0 Å². The van der Waals surface area contributed by atoms with Crippen molar-refractivity contribution < 1.29 is 14.0 Å². The van der Waals surface area contributed by atoms with Gasteiger partial charge < -0.3 is 24.6 Å². The molecule has 3 heterocycles. The average Bonchev–Trinajstić information content (AvgIpc) is 3.59. The van der Waals surface area contributed by atoms with Gasteiger partial charge in [-0.25, -0.2) is 4.98 Å². The van der Waals surface area contributed by atoms with E-state index in [0.29, 0.717) is 38.1 Å². The van der Waals surface area contributed by atoms with Crippen LogP contribution < -0.4 is 10.6 Å². The van der Waals surface area contributed by atoms with Crippen LogP contribution in [-0.4, -0.2) is 52.3 Å². The Morgan fingerprint density at radius 2 is 2.00 bits per heavy atom. The third kappa shape index (κ3) is 7.67. The van der Waals surface area contributed by atoms with Crippen molar-refractivity contribution in [2.24, 2.45) is 0 Å². The summed E-state index contributed by atoms with van der Waals surface area (Å²) < 4.78 is 8.64. The fourth-order valence-electron chi connectivity index (χ4n) is 4.15. The highest BCUT2D eigenvalue weighted by molar-refractivity contribution is 6.74. The Kier molecular flexibility index (Phi) is 9.21. The molecule has 2 amide bonds. The van der Waals surface area contributed by atoms with Crippen LogP contribution >= 0.6 is 0 Å². The van der Waals surface area contributed by atoms with Crippen molar-refractivity contribution >= 4 is 36.7 Å². The minimum absolute atomic E-state index is 0.0368. The lowest BCUT2D eigenvalue weighted by Gasteiger charge is -2.37. The quantitative estimate of drug-likeness (QED) is 0.197. The van der Waals surface area contributed by atoms with Crippen LogP contribution in [0.25, 0.3) is 10.9 Å². The van der Waals surface area contributed by atoms with E-state index in [1.54, 1.807) is 18.6 Å². The lowest BCUT2D eigenvalue weighted by molar-refractivity contribution is -0.116. The number of carbonyl (C=O) groups excluding carboxylic acids is 2. The number of hydrogen-bond donors (Lipinski definition) is 3. The maximum Gasteiger partial charge on any atom is 0.271 e. The fourth-order valence-corrected chi connectivity index (χ4v) is 5.20. The van der Waals surface area contributed by atoms with Gasteiger partial charge in [0.15, 0.2) is 8.32 Å². The third-order valence-electron chi connectivity index (χ3n) is 7.66. The zero-order valence-corrected chi connectivity index (χ0v) is 25.0. The van der Waals surface area contributed by atoms with Crippen LogP contribution in [0.3, 0.4) is 0 Å². The first-order chi connectivity index (χ1) is 19.0. The number of amides is 2. The first-order valence-electron chi connectivity index (χ1n) is 13.7. The van der Waals surface area contributed by atoms with Crippen molar-refractivity contribution in [3.05, 3.63) is 78.8 Å². The van der Waals surface area contributed by atoms with Gasteiger partial charge >= 0.3 is 0 Å². The minimum atomic E-state index is -2.00. The third-order valence-corrected chi connectivity index (χ3v) is 12.2. The van der Waals surface area contributed by atoms with Crippen LogP contribution in [0.5, 0.6) is 0 Å². The zero-order valence-electron chi connectivity index (χ0n) is 24.0. The summed E-state index contributed by atoms with van der Waals surface area (Å²) in [5, 5.41) is 7.30. The van der Waals surface area contributed by atoms with Gasteiger partial charge in [-0.2, -0.15) is 0 Å². The second-order valence-corrected chi connectivity index (χ2v) is 16.5. The predicted molar refractivity (Wildman–Crippen MR) is 161 cm³/mol. The SMILES string of the molecule is CC(C)(C)[Si](C)(C)OC[C@@H](CCn1ccc2ccc(NC(=O)CCc3cccnc3)cc21)NC(=O)c1c[nH]cn1. The number of nitrogens with zero attached hydrogens (tertiary/aromatic N) is 3. The van der Waals surface area contributed by atoms with E-state index in [9.17, 15) is 9.59 Å². The van der Waals surface area contributed by atoms with Crippen molar-refractivity contribution in [1.29, 1.82) is 0 Å². The number of fused-ring (bicyclic) bond motifs is 1.